The third-order valence-electron chi connectivity index (χ3n) is 3.45. The van der Waals surface area contributed by atoms with Crippen molar-refractivity contribution < 1.29 is 4.79 Å². The van der Waals surface area contributed by atoms with E-state index in [0.29, 0.717) is 23.1 Å². The Labute approximate surface area is 140 Å². The van der Waals surface area contributed by atoms with Gasteiger partial charge < -0.3 is 10.2 Å². The van der Waals surface area contributed by atoms with Crippen LogP contribution in [0.4, 0.5) is 10.5 Å². The molecule has 0 radical (unpaired) electrons. The first-order valence-electron chi connectivity index (χ1n) is 7.17. The Morgan fingerprint density at radius 2 is 1.73 bits per heavy atom. The second-order valence-corrected chi connectivity index (χ2v) is 5.59. The van der Waals surface area contributed by atoms with Crippen LogP contribution in [0.25, 0.3) is 11.1 Å². The number of hydrogen-bond donors (Lipinski definition) is 1. The molecule has 0 bridgehead atoms. The van der Waals surface area contributed by atoms with Gasteiger partial charge in [0, 0.05) is 18.7 Å². The van der Waals surface area contributed by atoms with Crippen LogP contribution in [0.5, 0.6) is 0 Å². The van der Waals surface area contributed by atoms with Crippen molar-refractivity contribution in [2.75, 3.05) is 18.4 Å². The maximum atomic E-state index is 12.2. The molecule has 0 atom stereocenters. The highest BCUT2D eigenvalue weighted by molar-refractivity contribution is 6.42. The molecule has 0 fully saturated rings. The van der Waals surface area contributed by atoms with Gasteiger partial charge in [0.05, 0.1) is 15.7 Å². The predicted octanol–water partition coefficient (Wildman–Crippen LogP) is 5.53. The lowest BCUT2D eigenvalue weighted by molar-refractivity contribution is 0.217. The summed E-state index contributed by atoms with van der Waals surface area (Å²) >= 11 is 12.1. The lowest BCUT2D eigenvalue weighted by Gasteiger charge is -2.20. The maximum absolute atomic E-state index is 12.2. The van der Waals surface area contributed by atoms with Gasteiger partial charge in [0.15, 0.2) is 0 Å². The molecule has 2 aromatic carbocycles. The van der Waals surface area contributed by atoms with Crippen LogP contribution in [0.2, 0.25) is 10.0 Å². The number of halogens is 2. The van der Waals surface area contributed by atoms with E-state index in [0.717, 1.165) is 16.8 Å². The van der Waals surface area contributed by atoms with Gasteiger partial charge in [-0.2, -0.15) is 0 Å². The monoisotopic (exact) mass is 336 g/mol. The second-order valence-electron chi connectivity index (χ2n) is 4.78. The highest BCUT2D eigenvalue weighted by Crippen LogP contribution is 2.32. The van der Waals surface area contributed by atoms with Crippen molar-refractivity contribution in [3.8, 4) is 11.1 Å². The quantitative estimate of drug-likeness (QED) is 0.781. The second kappa shape index (κ2) is 7.52. The number of anilines is 1. The summed E-state index contributed by atoms with van der Waals surface area (Å²) in [6.45, 7) is 5.23. The van der Waals surface area contributed by atoms with E-state index in [1.54, 1.807) is 17.0 Å². The van der Waals surface area contributed by atoms with E-state index in [2.05, 4.69) is 5.32 Å². The molecule has 116 valence electrons. The number of amides is 2. The number of rotatable bonds is 4. The van der Waals surface area contributed by atoms with E-state index < -0.39 is 0 Å². The Kier molecular flexibility index (Phi) is 5.69. The molecule has 2 aromatic rings. The smallest absolute Gasteiger partial charge is 0.321 e. The van der Waals surface area contributed by atoms with E-state index >= 15 is 0 Å². The summed E-state index contributed by atoms with van der Waals surface area (Å²) in [7, 11) is 0. The van der Waals surface area contributed by atoms with Gasteiger partial charge in [-0.15, -0.1) is 0 Å². The van der Waals surface area contributed by atoms with Crippen LogP contribution in [0.1, 0.15) is 13.8 Å². The molecule has 0 saturated heterocycles. The summed E-state index contributed by atoms with van der Waals surface area (Å²) in [6.07, 6.45) is 0. The van der Waals surface area contributed by atoms with E-state index in [1.807, 2.05) is 44.2 Å². The summed E-state index contributed by atoms with van der Waals surface area (Å²) in [5.41, 5.74) is 2.56. The molecule has 0 aromatic heterocycles. The number of carbonyl (C=O) groups is 1. The molecular formula is C17H18Cl2N2O. The summed E-state index contributed by atoms with van der Waals surface area (Å²) in [6, 6.07) is 12.9. The minimum Gasteiger partial charge on any atom is -0.325 e. The largest absolute Gasteiger partial charge is 0.325 e. The molecule has 5 heteroatoms. The van der Waals surface area contributed by atoms with Crippen LogP contribution in [0.3, 0.4) is 0 Å². The van der Waals surface area contributed by atoms with Crippen molar-refractivity contribution in [1.29, 1.82) is 0 Å². The van der Waals surface area contributed by atoms with Crippen molar-refractivity contribution in [3.05, 3.63) is 52.5 Å². The normalized spacial score (nSPS) is 10.4. The third kappa shape index (κ3) is 3.73. The molecule has 0 unspecified atom stereocenters. The van der Waals surface area contributed by atoms with Crippen LogP contribution in [-0.2, 0) is 0 Å². The fraction of sp³-hybridized carbons (Fsp3) is 0.235. The summed E-state index contributed by atoms with van der Waals surface area (Å²) < 4.78 is 0. The summed E-state index contributed by atoms with van der Waals surface area (Å²) in [5, 5.41) is 3.96. The minimum absolute atomic E-state index is 0.113. The van der Waals surface area contributed by atoms with Gasteiger partial charge in [-0.25, -0.2) is 4.79 Å². The lowest BCUT2D eigenvalue weighted by Crippen LogP contribution is -2.34. The number of nitrogens with zero attached hydrogens (tertiary/aromatic N) is 1. The number of para-hydroxylation sites is 1. The van der Waals surface area contributed by atoms with Crippen molar-refractivity contribution >= 4 is 34.9 Å². The molecule has 0 aliphatic carbocycles. The molecule has 2 amide bonds. The van der Waals surface area contributed by atoms with Crippen LogP contribution >= 0.6 is 23.2 Å². The maximum Gasteiger partial charge on any atom is 0.321 e. The Hall–Kier alpha value is -1.71. The van der Waals surface area contributed by atoms with Gasteiger partial charge in [0.2, 0.25) is 0 Å². The summed E-state index contributed by atoms with van der Waals surface area (Å²) in [4.78, 5) is 14.0. The molecule has 22 heavy (non-hydrogen) atoms. The number of urea groups is 1. The molecule has 2 rings (SSSR count). The zero-order valence-electron chi connectivity index (χ0n) is 12.6. The van der Waals surface area contributed by atoms with E-state index in [9.17, 15) is 4.79 Å². The topological polar surface area (TPSA) is 32.3 Å². The van der Waals surface area contributed by atoms with Gasteiger partial charge >= 0.3 is 6.03 Å². The third-order valence-corrected chi connectivity index (χ3v) is 4.19. The van der Waals surface area contributed by atoms with Crippen LogP contribution in [-0.4, -0.2) is 24.0 Å². The van der Waals surface area contributed by atoms with Gasteiger partial charge in [-0.3, -0.25) is 0 Å². The molecule has 0 aliphatic rings. The first-order chi connectivity index (χ1) is 10.6. The van der Waals surface area contributed by atoms with Crippen molar-refractivity contribution in [3.63, 3.8) is 0 Å². The number of hydrogen-bond acceptors (Lipinski definition) is 1. The molecule has 0 aliphatic heterocycles. The van der Waals surface area contributed by atoms with Crippen molar-refractivity contribution in [2.24, 2.45) is 0 Å². The molecule has 0 heterocycles. The average Bonchev–Trinajstić information content (AvgIpc) is 2.52. The zero-order valence-corrected chi connectivity index (χ0v) is 14.1. The highest BCUT2D eigenvalue weighted by atomic mass is 35.5. The standard InChI is InChI=1S/C17H18Cl2N2O/c1-3-21(4-2)17(22)20-16-8-6-5-7-13(16)12-9-10-14(18)15(19)11-12/h5-11H,3-4H2,1-2H3,(H,20,22). The van der Waals surface area contributed by atoms with E-state index in [4.69, 9.17) is 23.2 Å². The highest BCUT2D eigenvalue weighted by Gasteiger charge is 2.13. The molecular weight excluding hydrogens is 319 g/mol. The van der Waals surface area contributed by atoms with Crippen LogP contribution in [0, 0.1) is 0 Å². The lowest BCUT2D eigenvalue weighted by atomic mass is 10.0. The fourth-order valence-electron chi connectivity index (χ4n) is 2.21. The molecule has 0 spiro atoms. The van der Waals surface area contributed by atoms with Gasteiger partial charge in [-0.1, -0.05) is 47.5 Å². The fourth-order valence-corrected chi connectivity index (χ4v) is 2.51. The summed E-state index contributed by atoms with van der Waals surface area (Å²) in [5.74, 6) is 0. The average molecular weight is 337 g/mol. The van der Waals surface area contributed by atoms with Crippen molar-refractivity contribution in [2.45, 2.75) is 13.8 Å². The van der Waals surface area contributed by atoms with Crippen LogP contribution in [0.15, 0.2) is 42.5 Å². The first kappa shape index (κ1) is 16.7. The Morgan fingerprint density at radius 3 is 2.36 bits per heavy atom. The van der Waals surface area contributed by atoms with Gasteiger partial charge in [0.1, 0.15) is 0 Å². The Balaban J connectivity index is 2.34. The predicted molar refractivity (Wildman–Crippen MR) is 93.8 cm³/mol. The number of benzene rings is 2. The molecule has 1 N–H and O–H groups in total. The van der Waals surface area contributed by atoms with E-state index in [1.165, 1.54) is 0 Å². The van der Waals surface area contributed by atoms with E-state index in [-0.39, 0.29) is 6.03 Å². The Morgan fingerprint density at radius 1 is 1.05 bits per heavy atom. The number of nitrogens with one attached hydrogen (secondary N) is 1. The molecule has 0 saturated carbocycles. The van der Waals surface area contributed by atoms with Gasteiger partial charge in [-0.05, 0) is 37.6 Å². The van der Waals surface area contributed by atoms with Crippen LogP contribution < -0.4 is 5.32 Å². The Bertz CT molecular complexity index is 669. The SMILES string of the molecule is CCN(CC)C(=O)Nc1ccccc1-c1ccc(Cl)c(Cl)c1. The first-order valence-corrected chi connectivity index (χ1v) is 7.92. The minimum atomic E-state index is -0.113. The number of carbonyl (C=O) groups excluding carboxylic acids is 1. The van der Waals surface area contributed by atoms with Gasteiger partial charge in [0.25, 0.3) is 0 Å². The molecule has 3 nitrogen and oxygen atoms in total. The van der Waals surface area contributed by atoms with Crippen molar-refractivity contribution in [1.82, 2.24) is 4.90 Å². The zero-order chi connectivity index (χ0) is 16.1.